The number of aromatic amines is 1. The highest BCUT2D eigenvalue weighted by Crippen LogP contribution is 2.13. The lowest BCUT2D eigenvalue weighted by Gasteiger charge is -2.09. The fraction of sp³-hybridized carbons (Fsp3) is 0.700. The molecule has 0 saturated heterocycles. The number of ether oxygens (including phenoxy) is 1. The quantitative estimate of drug-likeness (QED) is 0.704. The molecule has 0 unspecified atom stereocenters. The van der Waals surface area contributed by atoms with Crippen LogP contribution in [0.2, 0.25) is 0 Å². The summed E-state index contributed by atoms with van der Waals surface area (Å²) in [5.74, 6) is 1.04. The van der Waals surface area contributed by atoms with Crippen molar-refractivity contribution in [2.45, 2.75) is 32.9 Å². The Morgan fingerprint density at radius 2 is 2.50 bits per heavy atom. The van der Waals surface area contributed by atoms with E-state index in [1.54, 1.807) is 0 Å². The third-order valence-electron chi connectivity index (χ3n) is 2.36. The number of imidazole rings is 1. The Morgan fingerprint density at radius 3 is 3.29 bits per heavy atom. The molecule has 1 aromatic rings. The molecule has 4 nitrogen and oxygen atoms in total. The second-order valence-corrected chi connectivity index (χ2v) is 3.59. The Hall–Kier alpha value is -0.870. The van der Waals surface area contributed by atoms with Gasteiger partial charge in [0.15, 0.2) is 0 Å². The first-order chi connectivity index (χ1) is 6.90. The van der Waals surface area contributed by atoms with Crippen LogP contribution in [0.4, 0.5) is 0 Å². The monoisotopic (exact) mass is 195 g/mol. The topological polar surface area (TPSA) is 49.9 Å². The van der Waals surface area contributed by atoms with Crippen LogP contribution in [0, 0.1) is 0 Å². The molecule has 0 atom stereocenters. The summed E-state index contributed by atoms with van der Waals surface area (Å²) in [7, 11) is 0. The molecule has 0 spiro atoms. The number of aromatic nitrogens is 2. The van der Waals surface area contributed by atoms with E-state index in [2.05, 4.69) is 22.2 Å². The highest BCUT2D eigenvalue weighted by molar-refractivity contribution is 5.15. The van der Waals surface area contributed by atoms with Crippen molar-refractivity contribution in [2.75, 3.05) is 13.2 Å². The van der Waals surface area contributed by atoms with Crippen LogP contribution in [-0.4, -0.2) is 23.1 Å². The maximum atomic E-state index is 5.34. The highest BCUT2D eigenvalue weighted by atomic mass is 16.5. The first-order valence-corrected chi connectivity index (χ1v) is 5.25. The SMILES string of the molecule is CCCNCc1nc2c([nH]1)COCC2. The standard InChI is InChI=1S/C10H17N3O/c1-2-4-11-6-10-12-8-3-5-14-7-9(8)13-10/h11H,2-7H2,1H3,(H,12,13). The molecular formula is C10H17N3O. The van der Waals surface area contributed by atoms with E-state index in [9.17, 15) is 0 Å². The van der Waals surface area contributed by atoms with Crippen LogP contribution < -0.4 is 5.32 Å². The summed E-state index contributed by atoms with van der Waals surface area (Å²) in [5.41, 5.74) is 2.34. The van der Waals surface area contributed by atoms with Gasteiger partial charge in [0, 0.05) is 6.42 Å². The zero-order valence-electron chi connectivity index (χ0n) is 8.60. The molecule has 0 amide bonds. The van der Waals surface area contributed by atoms with Gasteiger partial charge in [0.1, 0.15) is 5.82 Å². The molecule has 0 fully saturated rings. The Balaban J connectivity index is 1.94. The molecule has 0 aliphatic carbocycles. The minimum absolute atomic E-state index is 0.691. The summed E-state index contributed by atoms with van der Waals surface area (Å²) >= 11 is 0. The number of rotatable bonds is 4. The lowest BCUT2D eigenvalue weighted by molar-refractivity contribution is 0.107. The summed E-state index contributed by atoms with van der Waals surface area (Å²) < 4.78 is 5.34. The number of nitrogens with one attached hydrogen (secondary N) is 2. The average Bonchev–Trinajstić information content (AvgIpc) is 2.60. The van der Waals surface area contributed by atoms with Crippen molar-refractivity contribution in [1.82, 2.24) is 15.3 Å². The zero-order valence-corrected chi connectivity index (χ0v) is 8.60. The Morgan fingerprint density at radius 1 is 1.57 bits per heavy atom. The smallest absolute Gasteiger partial charge is 0.120 e. The second kappa shape index (κ2) is 4.57. The molecule has 1 aliphatic rings. The first kappa shape index (κ1) is 9.68. The molecule has 2 rings (SSSR count). The van der Waals surface area contributed by atoms with Gasteiger partial charge in [0.2, 0.25) is 0 Å². The van der Waals surface area contributed by atoms with Crippen LogP contribution in [0.25, 0.3) is 0 Å². The summed E-state index contributed by atoms with van der Waals surface area (Å²) in [6, 6.07) is 0. The fourth-order valence-electron chi connectivity index (χ4n) is 1.64. The number of hydrogen-bond donors (Lipinski definition) is 2. The Kier molecular flexibility index (Phi) is 3.16. The lowest BCUT2D eigenvalue weighted by atomic mass is 10.2. The van der Waals surface area contributed by atoms with Crippen molar-refractivity contribution in [3.05, 3.63) is 17.2 Å². The number of fused-ring (bicyclic) bond motifs is 1. The van der Waals surface area contributed by atoms with Crippen LogP contribution in [0.1, 0.15) is 30.6 Å². The van der Waals surface area contributed by atoms with Crippen molar-refractivity contribution >= 4 is 0 Å². The van der Waals surface area contributed by atoms with E-state index < -0.39 is 0 Å². The summed E-state index contributed by atoms with van der Waals surface area (Å²) in [6.07, 6.45) is 2.10. The second-order valence-electron chi connectivity index (χ2n) is 3.59. The maximum Gasteiger partial charge on any atom is 0.120 e. The normalized spacial score (nSPS) is 15.5. The number of H-pyrrole nitrogens is 1. The van der Waals surface area contributed by atoms with Crippen molar-refractivity contribution in [3.8, 4) is 0 Å². The highest BCUT2D eigenvalue weighted by Gasteiger charge is 2.13. The van der Waals surface area contributed by atoms with E-state index in [1.165, 1.54) is 5.69 Å². The molecule has 0 saturated carbocycles. The summed E-state index contributed by atoms with van der Waals surface area (Å²) in [4.78, 5) is 7.82. The molecule has 14 heavy (non-hydrogen) atoms. The van der Waals surface area contributed by atoms with Gasteiger partial charge in [-0.1, -0.05) is 6.92 Å². The first-order valence-electron chi connectivity index (χ1n) is 5.25. The molecule has 4 heteroatoms. The molecule has 2 heterocycles. The van der Waals surface area contributed by atoms with Crippen LogP contribution in [-0.2, 0) is 24.3 Å². The molecule has 0 radical (unpaired) electrons. The van der Waals surface area contributed by atoms with Gasteiger partial charge in [0.05, 0.1) is 31.1 Å². The third kappa shape index (κ3) is 2.13. The van der Waals surface area contributed by atoms with E-state index in [1.807, 2.05) is 0 Å². The van der Waals surface area contributed by atoms with Crippen LogP contribution >= 0.6 is 0 Å². The van der Waals surface area contributed by atoms with Gasteiger partial charge < -0.3 is 15.0 Å². The molecule has 2 N–H and O–H groups in total. The largest absolute Gasteiger partial charge is 0.375 e. The van der Waals surface area contributed by atoms with Crippen LogP contribution in [0.3, 0.4) is 0 Å². The summed E-state index contributed by atoms with van der Waals surface area (Å²) in [5, 5.41) is 3.33. The van der Waals surface area contributed by atoms with E-state index >= 15 is 0 Å². The maximum absolute atomic E-state index is 5.34. The molecule has 0 bridgehead atoms. The van der Waals surface area contributed by atoms with Gasteiger partial charge in [-0.05, 0) is 13.0 Å². The van der Waals surface area contributed by atoms with Crippen LogP contribution in [0.15, 0.2) is 0 Å². The van der Waals surface area contributed by atoms with Gasteiger partial charge >= 0.3 is 0 Å². The molecule has 0 aromatic carbocycles. The van der Waals surface area contributed by atoms with E-state index in [0.717, 1.165) is 44.1 Å². The van der Waals surface area contributed by atoms with E-state index in [0.29, 0.717) is 6.61 Å². The van der Waals surface area contributed by atoms with Crippen LogP contribution in [0.5, 0.6) is 0 Å². The molecule has 1 aromatic heterocycles. The van der Waals surface area contributed by atoms with Crippen molar-refractivity contribution in [3.63, 3.8) is 0 Å². The number of hydrogen-bond acceptors (Lipinski definition) is 3. The van der Waals surface area contributed by atoms with Gasteiger partial charge in [-0.2, -0.15) is 0 Å². The molecular weight excluding hydrogens is 178 g/mol. The van der Waals surface area contributed by atoms with E-state index in [4.69, 9.17) is 4.74 Å². The van der Waals surface area contributed by atoms with Crippen molar-refractivity contribution < 1.29 is 4.74 Å². The van der Waals surface area contributed by atoms with Gasteiger partial charge in [-0.3, -0.25) is 0 Å². The lowest BCUT2D eigenvalue weighted by Crippen LogP contribution is -2.14. The molecule has 1 aliphatic heterocycles. The Labute approximate surface area is 84.1 Å². The van der Waals surface area contributed by atoms with Gasteiger partial charge in [-0.25, -0.2) is 4.98 Å². The van der Waals surface area contributed by atoms with Gasteiger partial charge in [-0.15, -0.1) is 0 Å². The summed E-state index contributed by atoms with van der Waals surface area (Å²) in [6.45, 7) is 5.53. The fourth-order valence-corrected chi connectivity index (χ4v) is 1.64. The van der Waals surface area contributed by atoms with Crippen molar-refractivity contribution in [1.29, 1.82) is 0 Å². The molecule has 78 valence electrons. The predicted molar refractivity (Wildman–Crippen MR) is 53.9 cm³/mol. The van der Waals surface area contributed by atoms with Gasteiger partial charge in [0.25, 0.3) is 0 Å². The minimum Gasteiger partial charge on any atom is -0.375 e. The minimum atomic E-state index is 0.691. The Bertz CT molecular complexity index is 272. The average molecular weight is 195 g/mol. The predicted octanol–water partition coefficient (Wildman–Crippen LogP) is 0.982. The van der Waals surface area contributed by atoms with Crippen molar-refractivity contribution in [2.24, 2.45) is 0 Å². The zero-order chi connectivity index (χ0) is 9.80. The number of nitrogens with zero attached hydrogens (tertiary/aromatic N) is 1. The van der Waals surface area contributed by atoms with E-state index in [-0.39, 0.29) is 0 Å². The third-order valence-corrected chi connectivity index (χ3v) is 2.36.